The molecule has 1 atom stereocenters. The van der Waals surface area contributed by atoms with Crippen LogP contribution in [0, 0.1) is 10.1 Å². The highest BCUT2D eigenvalue weighted by molar-refractivity contribution is 6.30. The van der Waals surface area contributed by atoms with E-state index in [2.05, 4.69) is 15.5 Å². The van der Waals surface area contributed by atoms with Crippen LogP contribution in [0.2, 0.25) is 5.02 Å². The fourth-order valence-corrected chi connectivity index (χ4v) is 4.09. The normalized spacial score (nSPS) is 17.1. The zero-order valence-corrected chi connectivity index (χ0v) is 15.9. The maximum Gasteiger partial charge on any atom is 0.269 e. The summed E-state index contributed by atoms with van der Waals surface area (Å²) in [6.45, 7) is 2.16. The Morgan fingerprint density at radius 2 is 2.00 bits per heavy atom. The van der Waals surface area contributed by atoms with E-state index in [1.807, 2.05) is 18.3 Å². The van der Waals surface area contributed by atoms with E-state index in [0.29, 0.717) is 11.6 Å². The molecule has 0 saturated carbocycles. The summed E-state index contributed by atoms with van der Waals surface area (Å²) in [5.74, 6) is 0.196. The van der Waals surface area contributed by atoms with Crippen LogP contribution in [0.3, 0.4) is 0 Å². The van der Waals surface area contributed by atoms with Crippen LogP contribution < -0.4 is 0 Å². The maximum absolute atomic E-state index is 11.3. The number of nitro benzene ring substituents is 1. The molecule has 3 aromatic rings. The zero-order valence-electron chi connectivity index (χ0n) is 15.2. The average Bonchev–Trinajstić information content (AvgIpc) is 3.06. The first kappa shape index (κ1) is 18.5. The number of phenolic OH excluding ortho intramolecular Hbond substituents is 1. The fraction of sp³-hybridized carbons (Fsp3) is 0.238. The predicted octanol–water partition coefficient (Wildman–Crippen LogP) is 4.75. The van der Waals surface area contributed by atoms with Crippen molar-refractivity contribution in [3.63, 3.8) is 0 Å². The zero-order chi connectivity index (χ0) is 19.7. The Balaban J connectivity index is 1.78. The average molecular weight is 398 g/mol. The third-order valence-corrected chi connectivity index (χ3v) is 5.40. The van der Waals surface area contributed by atoms with Crippen molar-refractivity contribution in [3.8, 4) is 5.75 Å². The SMILES string of the molecule is O=[N+]([O-])c1cccc([C@H]2c3cccn3CCCN2Cc2cc(Cl)ccc2O)c1. The Morgan fingerprint density at radius 3 is 2.82 bits per heavy atom. The van der Waals surface area contributed by atoms with Crippen LogP contribution in [0.4, 0.5) is 5.69 Å². The van der Waals surface area contributed by atoms with E-state index < -0.39 is 0 Å². The van der Waals surface area contributed by atoms with Gasteiger partial charge in [-0.25, -0.2) is 0 Å². The number of hydrogen-bond acceptors (Lipinski definition) is 4. The second-order valence-corrected chi connectivity index (χ2v) is 7.41. The molecule has 6 nitrogen and oxygen atoms in total. The molecule has 0 aliphatic carbocycles. The van der Waals surface area contributed by atoms with Crippen molar-refractivity contribution in [1.29, 1.82) is 0 Å². The summed E-state index contributed by atoms with van der Waals surface area (Å²) >= 11 is 6.13. The van der Waals surface area contributed by atoms with E-state index in [1.165, 1.54) is 6.07 Å². The topological polar surface area (TPSA) is 71.5 Å². The number of halogens is 1. The Labute approximate surface area is 167 Å². The Kier molecular flexibility index (Phi) is 5.07. The van der Waals surface area contributed by atoms with Gasteiger partial charge in [0.2, 0.25) is 0 Å². The van der Waals surface area contributed by atoms with E-state index in [9.17, 15) is 15.2 Å². The minimum absolute atomic E-state index is 0.0744. The van der Waals surface area contributed by atoms with Gasteiger partial charge in [0.25, 0.3) is 5.69 Å². The van der Waals surface area contributed by atoms with Crippen molar-refractivity contribution in [2.45, 2.75) is 25.6 Å². The second kappa shape index (κ2) is 7.66. The van der Waals surface area contributed by atoms with E-state index in [4.69, 9.17) is 11.6 Å². The number of nitrogens with zero attached hydrogens (tertiary/aromatic N) is 3. The predicted molar refractivity (Wildman–Crippen MR) is 108 cm³/mol. The van der Waals surface area contributed by atoms with E-state index in [-0.39, 0.29) is 22.4 Å². The number of benzene rings is 2. The first-order chi connectivity index (χ1) is 13.5. The largest absolute Gasteiger partial charge is 0.508 e. The molecular formula is C21H20ClN3O3. The van der Waals surface area contributed by atoms with Gasteiger partial charge in [0.1, 0.15) is 5.75 Å². The van der Waals surface area contributed by atoms with Crippen LogP contribution in [-0.4, -0.2) is 26.0 Å². The molecule has 1 aliphatic rings. The Hall–Kier alpha value is -2.83. The van der Waals surface area contributed by atoms with Gasteiger partial charge in [0.15, 0.2) is 0 Å². The lowest BCUT2D eigenvalue weighted by atomic mass is 10.00. The number of fused-ring (bicyclic) bond motifs is 1. The first-order valence-electron chi connectivity index (χ1n) is 9.14. The molecule has 1 aliphatic heterocycles. The summed E-state index contributed by atoms with van der Waals surface area (Å²) in [5, 5.41) is 22.1. The molecule has 1 aromatic heterocycles. The summed E-state index contributed by atoms with van der Waals surface area (Å²) < 4.78 is 2.20. The third-order valence-electron chi connectivity index (χ3n) is 5.17. The molecule has 2 heterocycles. The van der Waals surface area contributed by atoms with Crippen LogP contribution in [0.25, 0.3) is 0 Å². The minimum Gasteiger partial charge on any atom is -0.508 e. The number of aryl methyl sites for hydroxylation is 1. The molecule has 0 radical (unpaired) electrons. The van der Waals surface area contributed by atoms with Crippen LogP contribution in [0.15, 0.2) is 60.8 Å². The molecule has 0 fully saturated rings. The molecule has 28 heavy (non-hydrogen) atoms. The molecular weight excluding hydrogens is 378 g/mol. The highest BCUT2D eigenvalue weighted by Gasteiger charge is 2.29. The molecule has 2 aromatic carbocycles. The van der Waals surface area contributed by atoms with Crippen LogP contribution in [-0.2, 0) is 13.1 Å². The number of non-ortho nitro benzene ring substituents is 1. The molecule has 0 spiro atoms. The van der Waals surface area contributed by atoms with Crippen LogP contribution >= 0.6 is 11.6 Å². The Bertz CT molecular complexity index is 1020. The van der Waals surface area contributed by atoms with Crippen molar-refractivity contribution in [2.75, 3.05) is 6.54 Å². The van der Waals surface area contributed by atoms with Crippen LogP contribution in [0.5, 0.6) is 5.75 Å². The molecule has 7 heteroatoms. The molecule has 144 valence electrons. The van der Waals surface area contributed by atoms with Gasteiger partial charge in [-0.15, -0.1) is 0 Å². The molecule has 4 rings (SSSR count). The van der Waals surface area contributed by atoms with Gasteiger partial charge in [-0.1, -0.05) is 23.7 Å². The molecule has 0 unspecified atom stereocenters. The number of aromatic nitrogens is 1. The third kappa shape index (κ3) is 3.61. The highest BCUT2D eigenvalue weighted by atomic mass is 35.5. The van der Waals surface area contributed by atoms with Crippen molar-refractivity contribution in [2.24, 2.45) is 0 Å². The Morgan fingerprint density at radius 1 is 1.14 bits per heavy atom. The van der Waals surface area contributed by atoms with Crippen molar-refractivity contribution in [1.82, 2.24) is 9.47 Å². The smallest absolute Gasteiger partial charge is 0.269 e. The monoisotopic (exact) mass is 397 g/mol. The van der Waals surface area contributed by atoms with Gasteiger partial charge in [0.05, 0.1) is 11.0 Å². The number of phenols is 1. The van der Waals surface area contributed by atoms with E-state index >= 15 is 0 Å². The number of rotatable bonds is 4. The summed E-state index contributed by atoms with van der Waals surface area (Å²) in [4.78, 5) is 13.2. The first-order valence-corrected chi connectivity index (χ1v) is 9.51. The summed E-state index contributed by atoms with van der Waals surface area (Å²) in [7, 11) is 0. The van der Waals surface area contributed by atoms with Gasteiger partial charge >= 0.3 is 0 Å². The van der Waals surface area contributed by atoms with Gasteiger partial charge < -0.3 is 9.67 Å². The van der Waals surface area contributed by atoms with Gasteiger partial charge in [-0.3, -0.25) is 15.0 Å². The summed E-state index contributed by atoms with van der Waals surface area (Å²) in [6, 6.07) is 15.7. The van der Waals surface area contributed by atoms with Crippen LogP contribution in [0.1, 0.15) is 29.3 Å². The number of aromatic hydroxyl groups is 1. The number of nitro groups is 1. The fourth-order valence-electron chi connectivity index (χ4n) is 3.90. The second-order valence-electron chi connectivity index (χ2n) is 6.98. The van der Waals surface area contributed by atoms with Crippen molar-refractivity contribution in [3.05, 3.63) is 92.8 Å². The van der Waals surface area contributed by atoms with Crippen molar-refractivity contribution >= 4 is 17.3 Å². The van der Waals surface area contributed by atoms with E-state index in [1.54, 1.807) is 30.3 Å². The lowest BCUT2D eigenvalue weighted by molar-refractivity contribution is -0.384. The minimum atomic E-state index is -0.369. The van der Waals surface area contributed by atoms with Gasteiger partial charge in [-0.05, 0) is 42.3 Å². The molecule has 0 amide bonds. The van der Waals surface area contributed by atoms with E-state index in [0.717, 1.165) is 36.3 Å². The highest BCUT2D eigenvalue weighted by Crippen LogP contribution is 2.35. The maximum atomic E-state index is 11.3. The number of hydrogen-bond donors (Lipinski definition) is 1. The summed E-state index contributed by atoms with van der Waals surface area (Å²) in [5.41, 5.74) is 2.76. The lowest BCUT2D eigenvalue weighted by Gasteiger charge is -2.30. The quantitative estimate of drug-likeness (QED) is 0.509. The van der Waals surface area contributed by atoms with Gasteiger partial charge in [0, 0.05) is 54.2 Å². The molecule has 1 N–H and O–H groups in total. The van der Waals surface area contributed by atoms with Gasteiger partial charge in [-0.2, -0.15) is 0 Å². The summed E-state index contributed by atoms with van der Waals surface area (Å²) in [6.07, 6.45) is 2.98. The van der Waals surface area contributed by atoms with Crippen molar-refractivity contribution < 1.29 is 10.0 Å². The molecule has 0 saturated heterocycles. The lowest BCUT2D eigenvalue weighted by Crippen LogP contribution is -2.29. The standard InChI is InChI=1S/C21H20ClN3O3/c22-17-7-8-20(26)16(12-17)14-24-11-3-10-23-9-2-6-19(23)21(24)15-4-1-5-18(13-15)25(27)28/h1-2,4-9,12-13,21,26H,3,10-11,14H2/t21-/m0/s1. The molecule has 0 bridgehead atoms.